The van der Waals surface area contributed by atoms with Crippen LogP contribution in [0.25, 0.3) is 11.8 Å². The van der Waals surface area contributed by atoms with Crippen molar-refractivity contribution in [2.24, 2.45) is 4.99 Å². The lowest BCUT2D eigenvalue weighted by Gasteiger charge is -2.26. The summed E-state index contributed by atoms with van der Waals surface area (Å²) >= 11 is 4.98. The van der Waals surface area contributed by atoms with Gasteiger partial charge < -0.3 is 18.8 Å². The molecule has 230 valence electrons. The summed E-state index contributed by atoms with van der Waals surface area (Å²) in [5.41, 5.74) is 7.75. The maximum Gasteiger partial charge on any atom is 0.338 e. The van der Waals surface area contributed by atoms with Crippen molar-refractivity contribution in [3.8, 4) is 17.2 Å². The van der Waals surface area contributed by atoms with Crippen molar-refractivity contribution >= 4 is 39.3 Å². The number of aryl methyl sites for hydroxylation is 3. The maximum atomic E-state index is 14.3. The number of rotatable bonds is 8. The molecule has 0 saturated carbocycles. The van der Waals surface area contributed by atoms with Gasteiger partial charge in [0.15, 0.2) is 16.3 Å². The molecule has 44 heavy (non-hydrogen) atoms. The van der Waals surface area contributed by atoms with E-state index in [1.165, 1.54) is 22.5 Å². The number of thiazole rings is 1. The molecular weight excluding hydrogens is 642 g/mol. The Kier molecular flexibility index (Phi) is 9.04. The van der Waals surface area contributed by atoms with Crippen molar-refractivity contribution in [2.45, 2.75) is 54.5 Å². The van der Waals surface area contributed by atoms with E-state index in [0.29, 0.717) is 48.7 Å². The van der Waals surface area contributed by atoms with E-state index in [4.69, 9.17) is 19.2 Å². The molecule has 0 amide bonds. The fraction of sp³-hybridized carbons (Fsp3) is 0.324. The zero-order chi connectivity index (χ0) is 31.9. The second-order valence-electron chi connectivity index (χ2n) is 10.7. The third kappa shape index (κ3) is 5.45. The van der Waals surface area contributed by atoms with Crippen LogP contribution >= 0.6 is 27.3 Å². The standard InChI is InChI=1S/C34H36BrN3O5S/c1-9-42-27-17-25(35)24(16-26(27)41-8)31-29(33(40)43-10-2)21(6)36-34-38(31)32(39)28(44-34)15-23-14-20(5)37(22(23)7)30-18(3)12-11-13-19(30)4/h11-17,31H,9-10H2,1-8H3/b28-15+/t31-/m1/s1. The van der Waals surface area contributed by atoms with Gasteiger partial charge in [0.25, 0.3) is 5.56 Å². The van der Waals surface area contributed by atoms with Crippen molar-refractivity contribution in [3.63, 3.8) is 0 Å². The Morgan fingerprint density at radius 3 is 2.39 bits per heavy atom. The molecule has 0 saturated heterocycles. The lowest BCUT2D eigenvalue weighted by Crippen LogP contribution is -2.40. The summed E-state index contributed by atoms with van der Waals surface area (Å²) < 4.78 is 21.9. The first-order valence-electron chi connectivity index (χ1n) is 14.5. The molecule has 0 unspecified atom stereocenters. The van der Waals surface area contributed by atoms with E-state index in [9.17, 15) is 9.59 Å². The van der Waals surface area contributed by atoms with Gasteiger partial charge in [0.1, 0.15) is 0 Å². The Bertz CT molecular complexity index is 1980. The van der Waals surface area contributed by atoms with Crippen LogP contribution in [0.5, 0.6) is 11.5 Å². The number of ether oxygens (including phenoxy) is 3. The molecule has 1 aliphatic rings. The highest BCUT2D eigenvalue weighted by molar-refractivity contribution is 9.10. The Hall–Kier alpha value is -3.89. The largest absolute Gasteiger partial charge is 0.493 e. The van der Waals surface area contributed by atoms with Crippen molar-refractivity contribution < 1.29 is 19.0 Å². The minimum Gasteiger partial charge on any atom is -0.493 e. The zero-order valence-electron chi connectivity index (χ0n) is 26.2. The summed E-state index contributed by atoms with van der Waals surface area (Å²) in [4.78, 5) is 32.9. The van der Waals surface area contributed by atoms with Crippen LogP contribution in [0.4, 0.5) is 0 Å². The number of nitrogens with zero attached hydrogens (tertiary/aromatic N) is 3. The molecule has 0 spiro atoms. The minimum atomic E-state index is -0.798. The highest BCUT2D eigenvalue weighted by Crippen LogP contribution is 2.41. The van der Waals surface area contributed by atoms with Gasteiger partial charge in [-0.25, -0.2) is 9.79 Å². The first-order valence-corrected chi connectivity index (χ1v) is 16.1. The summed E-state index contributed by atoms with van der Waals surface area (Å²) in [6.45, 7) is 14.4. The van der Waals surface area contributed by atoms with Gasteiger partial charge in [0.2, 0.25) is 0 Å². The van der Waals surface area contributed by atoms with Crippen LogP contribution in [-0.2, 0) is 9.53 Å². The molecule has 0 bridgehead atoms. The highest BCUT2D eigenvalue weighted by atomic mass is 79.9. The number of benzene rings is 2. The molecule has 1 aliphatic heterocycles. The van der Waals surface area contributed by atoms with Crippen LogP contribution in [0.1, 0.15) is 60.5 Å². The number of hydrogen-bond donors (Lipinski definition) is 0. The monoisotopic (exact) mass is 677 g/mol. The predicted molar refractivity (Wildman–Crippen MR) is 177 cm³/mol. The van der Waals surface area contributed by atoms with Crippen molar-refractivity contribution in [2.75, 3.05) is 20.3 Å². The van der Waals surface area contributed by atoms with Gasteiger partial charge in [-0.3, -0.25) is 9.36 Å². The van der Waals surface area contributed by atoms with Gasteiger partial charge in [-0.2, -0.15) is 0 Å². The normalized spacial score (nSPS) is 14.8. The van der Waals surface area contributed by atoms with Crippen molar-refractivity contribution in [1.29, 1.82) is 0 Å². The quantitative estimate of drug-likeness (QED) is 0.214. The number of allylic oxidation sites excluding steroid dienone is 1. The smallest absolute Gasteiger partial charge is 0.338 e. The van der Waals surface area contributed by atoms with Gasteiger partial charge in [-0.1, -0.05) is 45.5 Å². The summed E-state index contributed by atoms with van der Waals surface area (Å²) in [6, 6.07) is 11.2. The topological polar surface area (TPSA) is 84.1 Å². The number of carbonyl (C=O) groups is 1. The van der Waals surface area contributed by atoms with Crippen LogP contribution in [0.3, 0.4) is 0 Å². The molecule has 0 aliphatic carbocycles. The van der Waals surface area contributed by atoms with Crippen LogP contribution in [0.2, 0.25) is 0 Å². The molecule has 5 rings (SSSR count). The van der Waals surface area contributed by atoms with E-state index in [0.717, 1.165) is 22.6 Å². The summed E-state index contributed by atoms with van der Waals surface area (Å²) in [6.07, 6.45) is 1.92. The molecule has 8 nitrogen and oxygen atoms in total. The Morgan fingerprint density at radius 1 is 1.05 bits per heavy atom. The number of hydrogen-bond acceptors (Lipinski definition) is 7. The summed E-state index contributed by atoms with van der Waals surface area (Å²) in [5, 5.41) is 0. The first kappa shape index (κ1) is 31.5. The summed E-state index contributed by atoms with van der Waals surface area (Å²) in [5.74, 6) is 0.518. The van der Waals surface area contributed by atoms with Crippen LogP contribution in [0.15, 0.2) is 61.9 Å². The van der Waals surface area contributed by atoms with E-state index in [1.54, 1.807) is 37.7 Å². The number of fused-ring (bicyclic) bond motifs is 1. The fourth-order valence-electron chi connectivity index (χ4n) is 5.85. The van der Waals surface area contributed by atoms with E-state index < -0.39 is 12.0 Å². The minimum absolute atomic E-state index is 0.191. The second kappa shape index (κ2) is 12.6. The van der Waals surface area contributed by atoms with Gasteiger partial charge in [-0.15, -0.1) is 0 Å². The van der Waals surface area contributed by atoms with Gasteiger partial charge in [-0.05, 0) is 95.0 Å². The van der Waals surface area contributed by atoms with Crippen molar-refractivity contribution in [1.82, 2.24) is 9.13 Å². The molecule has 2 aromatic carbocycles. The lowest BCUT2D eigenvalue weighted by atomic mass is 9.95. The van der Waals surface area contributed by atoms with Gasteiger partial charge >= 0.3 is 5.97 Å². The highest BCUT2D eigenvalue weighted by Gasteiger charge is 2.35. The Balaban J connectivity index is 1.74. The fourth-order valence-corrected chi connectivity index (χ4v) is 7.43. The van der Waals surface area contributed by atoms with Gasteiger partial charge in [0.05, 0.1) is 47.9 Å². The van der Waals surface area contributed by atoms with Crippen LogP contribution in [-0.4, -0.2) is 35.4 Å². The van der Waals surface area contributed by atoms with Crippen LogP contribution in [0, 0.1) is 27.7 Å². The molecule has 10 heteroatoms. The average molecular weight is 679 g/mol. The second-order valence-corrected chi connectivity index (χ2v) is 12.5. The molecule has 3 heterocycles. The third-order valence-electron chi connectivity index (χ3n) is 7.81. The molecule has 1 atom stereocenters. The number of halogens is 1. The molecular formula is C34H36BrN3O5S. The Morgan fingerprint density at radius 2 is 1.75 bits per heavy atom. The van der Waals surface area contributed by atoms with Gasteiger partial charge in [0, 0.05) is 15.9 Å². The lowest BCUT2D eigenvalue weighted by molar-refractivity contribution is -0.139. The molecule has 0 radical (unpaired) electrons. The molecule has 4 aromatic rings. The number of esters is 1. The third-order valence-corrected chi connectivity index (χ3v) is 9.48. The van der Waals surface area contributed by atoms with E-state index in [1.807, 2.05) is 13.0 Å². The van der Waals surface area contributed by atoms with Crippen LogP contribution < -0.4 is 24.4 Å². The number of methoxy groups -OCH3 is 1. The number of aromatic nitrogens is 2. The molecule has 2 aromatic heterocycles. The average Bonchev–Trinajstić information content (AvgIpc) is 3.42. The SMILES string of the molecule is CCOC(=O)C1=C(C)N=c2s/c(=C/c3cc(C)n(-c4c(C)cccc4C)c3C)c(=O)n2[C@@H]1c1cc(OC)c(OCC)cc1Br. The Labute approximate surface area is 269 Å². The van der Waals surface area contributed by atoms with E-state index >= 15 is 0 Å². The maximum absolute atomic E-state index is 14.3. The first-order chi connectivity index (χ1) is 21.0. The van der Waals surface area contributed by atoms with Crippen molar-refractivity contribution in [3.05, 3.63) is 105 Å². The van der Waals surface area contributed by atoms with E-state index in [-0.39, 0.29) is 12.2 Å². The van der Waals surface area contributed by atoms with E-state index in [2.05, 4.69) is 72.5 Å². The predicted octanol–water partition coefficient (Wildman–Crippen LogP) is 5.99. The summed E-state index contributed by atoms with van der Waals surface area (Å²) in [7, 11) is 1.56. The molecule has 0 fully saturated rings. The number of carbonyl (C=O) groups excluding carboxylic acids is 1. The molecule has 0 N–H and O–H groups in total. The number of para-hydroxylation sites is 1. The zero-order valence-corrected chi connectivity index (χ0v) is 28.6.